The maximum Gasteiger partial charge on any atom is -0.0240 e. The van der Waals surface area contributed by atoms with Crippen molar-refractivity contribution in [2.75, 3.05) is 0 Å². The van der Waals surface area contributed by atoms with Crippen LogP contribution >= 0.6 is 0 Å². The van der Waals surface area contributed by atoms with Gasteiger partial charge in [-0.1, -0.05) is 106 Å². The summed E-state index contributed by atoms with van der Waals surface area (Å²) in [7, 11) is 0. The first-order chi connectivity index (χ1) is 23.8. The number of hydrogen-bond acceptors (Lipinski definition) is 0. The standard InChI is InChI=1S/C21H13.2C10H13.C5H5.CH2.Zr/c1-2-8-15-14(7-1)13-20-18-11-4-3-9-16(18)17-10-5-6-12-19(17)21(15)20;2*1-2-3-7-10-8-5-4-6-9-10;1-2-4-5-3-1;;/h1-10,12H,13H2;2*5-6,8-9H,2-3,7H2,1H3;1-3H,4H2;1H2;/q4*-1;;. The number of hydrogen-bond donors (Lipinski definition) is 0. The molecule has 0 bridgehead atoms. The molecule has 1 heteroatoms. The minimum absolute atomic E-state index is 1.01. The molecule has 242 valence electrons. The Morgan fingerprint density at radius 3 is 1.79 bits per heavy atom. The van der Waals surface area contributed by atoms with E-state index in [-0.39, 0.29) is 0 Å². The van der Waals surface area contributed by atoms with Gasteiger partial charge in [0.15, 0.2) is 0 Å². The summed E-state index contributed by atoms with van der Waals surface area (Å²) in [6.45, 7) is 4.43. The zero-order chi connectivity index (χ0) is 33.8. The van der Waals surface area contributed by atoms with E-state index in [0.717, 1.165) is 12.8 Å². The van der Waals surface area contributed by atoms with Gasteiger partial charge in [-0.3, -0.25) is 6.08 Å². The van der Waals surface area contributed by atoms with Crippen molar-refractivity contribution in [1.82, 2.24) is 0 Å². The first kappa shape index (κ1) is 36.9. The maximum atomic E-state index is 3.48. The van der Waals surface area contributed by atoms with Crippen molar-refractivity contribution in [2.24, 2.45) is 0 Å². The van der Waals surface area contributed by atoms with Gasteiger partial charge in [-0.25, -0.2) is 12.2 Å². The van der Waals surface area contributed by atoms with E-state index in [4.69, 9.17) is 0 Å². The van der Waals surface area contributed by atoms with Crippen LogP contribution in [-0.4, -0.2) is 4.21 Å². The molecule has 0 heterocycles. The molecule has 0 aromatic heterocycles. The van der Waals surface area contributed by atoms with Crippen molar-refractivity contribution in [3.05, 3.63) is 180 Å². The molecule has 0 saturated carbocycles. The zero-order valence-corrected chi connectivity index (χ0v) is 31.0. The second-order valence-electron chi connectivity index (χ2n) is 11.7. The molecule has 8 rings (SSSR count). The van der Waals surface area contributed by atoms with Crippen LogP contribution in [0.3, 0.4) is 0 Å². The molecular weight excluding hydrogens is 656 g/mol. The molecule has 0 aliphatic heterocycles. The van der Waals surface area contributed by atoms with Crippen molar-refractivity contribution in [3.8, 4) is 11.1 Å². The second-order valence-corrected chi connectivity index (χ2v) is 11.7. The van der Waals surface area contributed by atoms with Crippen LogP contribution in [0, 0.1) is 24.3 Å². The summed E-state index contributed by atoms with van der Waals surface area (Å²) in [6.07, 6.45) is 18.6. The first-order valence-corrected chi connectivity index (χ1v) is 18.9. The minimum atomic E-state index is 1.01. The molecule has 2 aliphatic carbocycles. The molecule has 0 nitrogen and oxygen atoms in total. The van der Waals surface area contributed by atoms with Crippen molar-refractivity contribution in [3.63, 3.8) is 0 Å². The molecule has 0 spiro atoms. The molecule has 0 fully saturated rings. The van der Waals surface area contributed by atoms with Gasteiger partial charge in [0, 0.05) is 0 Å². The maximum absolute atomic E-state index is 3.48. The van der Waals surface area contributed by atoms with Gasteiger partial charge in [-0.05, 0) is 28.5 Å². The zero-order valence-electron chi connectivity index (χ0n) is 28.6. The number of benzene rings is 6. The smallest absolute Gasteiger partial charge is 0.0240 e. The van der Waals surface area contributed by atoms with Crippen molar-refractivity contribution < 1.29 is 24.2 Å². The SMILES string of the molecule is CCCCc1cc[c-]cc1.CCCCc1cc[c-]cc1.[C-]1=CC=CC1.[CH2]=[Zr].[c-]1cccc2c1c1c(c3ccccc32)-c2ccccc2C1. The van der Waals surface area contributed by atoms with Crippen molar-refractivity contribution in [1.29, 1.82) is 0 Å². The minimum Gasteiger partial charge on any atom is -0.147 e. The Kier molecular flexibility index (Phi) is 16.2. The number of fused-ring (bicyclic) bond motifs is 8. The quantitative estimate of drug-likeness (QED) is 0.120. The summed E-state index contributed by atoms with van der Waals surface area (Å²) in [6, 6.07) is 49.8. The van der Waals surface area contributed by atoms with Crippen LogP contribution < -0.4 is 0 Å². The van der Waals surface area contributed by atoms with Crippen LogP contribution in [0.25, 0.3) is 32.7 Å². The third-order valence-electron chi connectivity index (χ3n) is 8.40. The Morgan fingerprint density at radius 2 is 1.23 bits per heavy atom. The molecule has 0 radical (unpaired) electrons. The van der Waals surface area contributed by atoms with E-state index in [9.17, 15) is 0 Å². The van der Waals surface area contributed by atoms with E-state index >= 15 is 0 Å². The number of unbranched alkanes of at least 4 members (excludes halogenated alkanes) is 2. The van der Waals surface area contributed by atoms with E-state index in [1.165, 1.54) is 118 Å². The third-order valence-corrected chi connectivity index (χ3v) is 8.40. The molecule has 2 aliphatic rings. The summed E-state index contributed by atoms with van der Waals surface area (Å²) < 4.78 is 3.34. The molecule has 6 aromatic rings. The van der Waals surface area contributed by atoms with Crippen LogP contribution in [0.5, 0.6) is 0 Å². The average Bonchev–Trinajstić information content (AvgIpc) is 3.89. The summed E-state index contributed by atoms with van der Waals surface area (Å²) in [5.41, 5.74) is 8.54. The van der Waals surface area contributed by atoms with Crippen LogP contribution in [0.2, 0.25) is 0 Å². The Bertz CT molecular complexity index is 1810. The fraction of sp³-hybridized carbons (Fsp3) is 0.213. The van der Waals surface area contributed by atoms with E-state index in [0.29, 0.717) is 0 Å². The predicted octanol–water partition coefficient (Wildman–Crippen LogP) is 12.3. The van der Waals surface area contributed by atoms with Gasteiger partial charge >= 0.3 is 28.4 Å². The van der Waals surface area contributed by atoms with Crippen LogP contribution in [0.15, 0.2) is 133 Å². The van der Waals surface area contributed by atoms with Crippen LogP contribution in [-0.2, 0) is 43.5 Å². The van der Waals surface area contributed by atoms with Gasteiger partial charge in [-0.15, -0.1) is 47.0 Å². The third kappa shape index (κ3) is 10.5. The monoisotopic (exact) mass is 700 g/mol. The Balaban J connectivity index is 0.000000162. The predicted molar refractivity (Wildman–Crippen MR) is 205 cm³/mol. The van der Waals surface area contributed by atoms with E-state index in [1.54, 1.807) is 0 Å². The second kappa shape index (κ2) is 21.1. The summed E-state index contributed by atoms with van der Waals surface area (Å²) in [5, 5.41) is 5.30. The Hall–Kier alpha value is -3.93. The fourth-order valence-electron chi connectivity index (χ4n) is 6.01. The molecule has 0 amide bonds. The molecule has 0 atom stereocenters. The Labute approximate surface area is 304 Å². The van der Waals surface area contributed by atoms with Gasteiger partial charge in [0.25, 0.3) is 0 Å². The number of allylic oxidation sites excluding steroid dienone is 4. The average molecular weight is 702 g/mol. The van der Waals surface area contributed by atoms with Crippen molar-refractivity contribution in [2.45, 2.75) is 65.2 Å². The molecule has 48 heavy (non-hydrogen) atoms. The number of rotatable bonds is 6. The van der Waals surface area contributed by atoms with Crippen LogP contribution in [0.1, 0.15) is 68.2 Å². The van der Waals surface area contributed by atoms with E-state index in [1.807, 2.05) is 42.5 Å². The van der Waals surface area contributed by atoms with Crippen molar-refractivity contribution >= 4 is 25.8 Å². The van der Waals surface area contributed by atoms with Gasteiger partial charge in [-0.2, -0.15) is 77.9 Å². The summed E-state index contributed by atoms with van der Waals surface area (Å²) >= 11 is 1.30. The molecular formula is C47H46Zr-4. The Morgan fingerprint density at radius 1 is 0.646 bits per heavy atom. The topological polar surface area (TPSA) is 0 Å². The molecule has 6 aromatic carbocycles. The normalized spacial score (nSPS) is 11.4. The summed E-state index contributed by atoms with van der Waals surface area (Å²) in [4.78, 5) is 0. The number of aryl methyl sites for hydroxylation is 2. The largest absolute Gasteiger partial charge is 0.147 e. The first-order valence-electron chi connectivity index (χ1n) is 17.2. The molecule has 0 saturated heterocycles. The van der Waals surface area contributed by atoms with Gasteiger partial charge in [0.05, 0.1) is 0 Å². The van der Waals surface area contributed by atoms with Gasteiger partial charge in [0.2, 0.25) is 0 Å². The summed E-state index contributed by atoms with van der Waals surface area (Å²) in [5.74, 6) is 0. The van der Waals surface area contributed by atoms with Crippen LogP contribution in [0.4, 0.5) is 0 Å². The molecule has 0 N–H and O–H groups in total. The fourth-order valence-corrected chi connectivity index (χ4v) is 6.01. The van der Waals surface area contributed by atoms with E-state index < -0.39 is 0 Å². The van der Waals surface area contributed by atoms with Gasteiger partial charge in [0.1, 0.15) is 0 Å². The molecule has 0 unspecified atom stereocenters. The van der Waals surface area contributed by atoms with Gasteiger partial charge < -0.3 is 0 Å². The van der Waals surface area contributed by atoms with E-state index in [2.05, 4.69) is 133 Å².